The van der Waals surface area contributed by atoms with E-state index in [-0.39, 0.29) is 0 Å². The smallest absolute Gasteiger partial charge is 0.171 e. The first kappa shape index (κ1) is 14.2. The van der Waals surface area contributed by atoms with E-state index in [4.69, 9.17) is 9.97 Å². The van der Waals surface area contributed by atoms with Crippen molar-refractivity contribution in [2.24, 2.45) is 0 Å². The van der Waals surface area contributed by atoms with Gasteiger partial charge in [-0.25, -0.2) is 9.97 Å². The summed E-state index contributed by atoms with van der Waals surface area (Å²) in [5.41, 5.74) is 4.21. The lowest BCUT2D eigenvalue weighted by atomic mass is 10.2. The van der Waals surface area contributed by atoms with Gasteiger partial charge in [0.25, 0.3) is 0 Å². The quantitative estimate of drug-likeness (QED) is 0.628. The third kappa shape index (κ3) is 2.26. The van der Waals surface area contributed by atoms with E-state index in [0.29, 0.717) is 0 Å². The zero-order valence-electron chi connectivity index (χ0n) is 13.6. The van der Waals surface area contributed by atoms with Gasteiger partial charge in [-0.05, 0) is 38.1 Å². The molecular formula is C19H21N4+. The molecule has 1 N–H and O–H groups in total. The second-order valence-electron chi connectivity index (χ2n) is 5.94. The summed E-state index contributed by atoms with van der Waals surface area (Å²) in [5, 5.41) is 1.11. The Bertz CT molecular complexity index is 983. The van der Waals surface area contributed by atoms with Crippen LogP contribution in [0.25, 0.3) is 27.6 Å². The molecule has 4 aromatic rings. The zero-order valence-corrected chi connectivity index (χ0v) is 13.6. The highest BCUT2D eigenvalue weighted by molar-refractivity contribution is 5.96. The molecule has 2 aromatic carbocycles. The first-order valence-electron chi connectivity index (χ1n) is 8.30. The van der Waals surface area contributed by atoms with Crippen molar-refractivity contribution >= 4 is 27.6 Å². The van der Waals surface area contributed by atoms with Crippen molar-refractivity contribution in [1.29, 1.82) is 0 Å². The van der Waals surface area contributed by atoms with Crippen molar-refractivity contribution in [3.63, 3.8) is 0 Å². The molecule has 0 aliphatic rings. The summed E-state index contributed by atoms with van der Waals surface area (Å²) in [5.74, 6) is 1.09. The predicted molar refractivity (Wildman–Crippen MR) is 93.7 cm³/mol. The van der Waals surface area contributed by atoms with Crippen molar-refractivity contribution in [3.8, 4) is 0 Å². The third-order valence-corrected chi connectivity index (χ3v) is 4.62. The highest BCUT2D eigenvalue weighted by Gasteiger charge is 2.16. The van der Waals surface area contributed by atoms with Gasteiger partial charge >= 0.3 is 0 Å². The van der Waals surface area contributed by atoms with Crippen molar-refractivity contribution in [1.82, 2.24) is 14.4 Å². The van der Waals surface area contributed by atoms with E-state index in [1.807, 2.05) is 12.1 Å². The lowest BCUT2D eigenvalue weighted by Gasteiger charge is -2.16. The molecule has 0 spiro atoms. The summed E-state index contributed by atoms with van der Waals surface area (Å²) in [6.07, 6.45) is 0. The molecule has 0 radical (unpaired) electrons. The molecule has 0 unspecified atom stereocenters. The average molecular weight is 305 g/mol. The fraction of sp³-hybridized carbons (Fsp3) is 0.263. The minimum atomic E-state index is 0.911. The van der Waals surface area contributed by atoms with Gasteiger partial charge in [0.15, 0.2) is 5.82 Å². The van der Waals surface area contributed by atoms with Crippen LogP contribution < -0.4 is 4.90 Å². The van der Waals surface area contributed by atoms with Crippen molar-refractivity contribution < 1.29 is 4.90 Å². The Labute approximate surface area is 135 Å². The number of nitrogens with zero attached hydrogens (tertiary/aromatic N) is 3. The lowest BCUT2D eigenvalue weighted by Crippen LogP contribution is -3.10. The zero-order chi connectivity index (χ0) is 15.8. The topological polar surface area (TPSA) is 34.6 Å². The maximum atomic E-state index is 4.96. The summed E-state index contributed by atoms with van der Waals surface area (Å²) in [4.78, 5) is 11.4. The summed E-state index contributed by atoms with van der Waals surface area (Å²) in [6.45, 7) is 7.55. The predicted octanol–water partition coefficient (Wildman–Crippen LogP) is 2.46. The van der Waals surface area contributed by atoms with Crippen LogP contribution in [0.15, 0.2) is 48.5 Å². The fourth-order valence-corrected chi connectivity index (χ4v) is 3.26. The molecule has 0 bridgehead atoms. The highest BCUT2D eigenvalue weighted by Crippen LogP contribution is 2.24. The Morgan fingerprint density at radius 3 is 2.35 bits per heavy atom. The number of benzene rings is 2. The summed E-state index contributed by atoms with van der Waals surface area (Å²) >= 11 is 0. The van der Waals surface area contributed by atoms with Crippen molar-refractivity contribution in [2.45, 2.75) is 20.4 Å². The average Bonchev–Trinajstić information content (AvgIpc) is 2.99. The Kier molecular flexibility index (Phi) is 3.46. The Morgan fingerprint density at radius 2 is 1.57 bits per heavy atom. The molecule has 0 aliphatic heterocycles. The first-order chi connectivity index (χ1) is 11.3. The second kappa shape index (κ2) is 5.63. The molecule has 0 amide bonds. The molecular weight excluding hydrogens is 284 g/mol. The number of imidazole rings is 1. The number of hydrogen-bond acceptors (Lipinski definition) is 2. The van der Waals surface area contributed by atoms with Crippen LogP contribution in [-0.4, -0.2) is 27.5 Å². The van der Waals surface area contributed by atoms with Crippen molar-refractivity contribution in [2.75, 3.05) is 13.1 Å². The Balaban J connectivity index is 2.09. The van der Waals surface area contributed by atoms with E-state index in [1.165, 1.54) is 4.90 Å². The maximum absolute atomic E-state index is 4.96. The number of hydrogen-bond donors (Lipinski definition) is 1. The molecule has 4 rings (SSSR count). The van der Waals surface area contributed by atoms with Crippen LogP contribution in [0.1, 0.15) is 19.7 Å². The molecule has 2 aromatic heterocycles. The van der Waals surface area contributed by atoms with Crippen LogP contribution in [-0.2, 0) is 6.54 Å². The maximum Gasteiger partial charge on any atom is 0.171 e. The van der Waals surface area contributed by atoms with Crippen LogP contribution in [0.2, 0.25) is 0 Å². The molecule has 0 aliphatic carbocycles. The number of quaternary nitrogens is 1. The fourth-order valence-electron chi connectivity index (χ4n) is 3.26. The summed E-state index contributed by atoms with van der Waals surface area (Å²) in [6, 6.07) is 16.6. The van der Waals surface area contributed by atoms with E-state index in [1.54, 1.807) is 0 Å². The van der Waals surface area contributed by atoms with Crippen LogP contribution in [0.4, 0.5) is 0 Å². The van der Waals surface area contributed by atoms with E-state index < -0.39 is 0 Å². The molecule has 0 saturated heterocycles. The van der Waals surface area contributed by atoms with Crippen LogP contribution >= 0.6 is 0 Å². The number of aromatic nitrogens is 3. The van der Waals surface area contributed by atoms with Gasteiger partial charge in [-0.2, -0.15) is 0 Å². The van der Waals surface area contributed by atoms with Crippen molar-refractivity contribution in [3.05, 3.63) is 54.4 Å². The molecule has 4 heteroatoms. The standard InChI is InChI=1S/C19H20N4/c1-3-22(4-2)13-18-20-15-10-6-5-9-14(15)19-21-16-11-7-8-12-17(16)23(18)19/h5-12H,3-4,13H2,1-2H3/p+1. The van der Waals surface area contributed by atoms with Gasteiger partial charge in [0.2, 0.25) is 0 Å². The Hall–Kier alpha value is -2.46. The number of rotatable bonds is 4. The van der Waals surface area contributed by atoms with E-state index in [2.05, 4.69) is 54.6 Å². The number of para-hydroxylation sites is 3. The third-order valence-electron chi connectivity index (χ3n) is 4.62. The van der Waals surface area contributed by atoms with Gasteiger partial charge in [-0.3, -0.25) is 4.40 Å². The van der Waals surface area contributed by atoms with Gasteiger partial charge in [0.05, 0.1) is 29.6 Å². The van der Waals surface area contributed by atoms with Crippen LogP contribution in [0.5, 0.6) is 0 Å². The highest BCUT2D eigenvalue weighted by atomic mass is 15.2. The summed E-state index contributed by atoms with van der Waals surface area (Å²) < 4.78 is 2.24. The Morgan fingerprint density at radius 1 is 0.870 bits per heavy atom. The monoisotopic (exact) mass is 305 g/mol. The molecule has 4 nitrogen and oxygen atoms in total. The molecule has 0 fully saturated rings. The van der Waals surface area contributed by atoms with E-state index in [0.717, 1.165) is 53.0 Å². The molecule has 0 atom stereocenters. The molecule has 0 saturated carbocycles. The minimum Gasteiger partial charge on any atom is -0.329 e. The molecule has 23 heavy (non-hydrogen) atoms. The van der Waals surface area contributed by atoms with Gasteiger partial charge in [-0.1, -0.05) is 24.3 Å². The normalized spacial score (nSPS) is 12.0. The molecule has 116 valence electrons. The molecule has 2 heterocycles. The van der Waals surface area contributed by atoms with E-state index in [9.17, 15) is 0 Å². The van der Waals surface area contributed by atoms with Gasteiger partial charge in [0, 0.05) is 5.39 Å². The van der Waals surface area contributed by atoms with E-state index >= 15 is 0 Å². The summed E-state index contributed by atoms with van der Waals surface area (Å²) in [7, 11) is 0. The SMILES string of the molecule is CC[NH+](CC)Cc1nc2ccccc2c2nc3ccccc3n12. The van der Waals surface area contributed by atoms with Crippen LogP contribution in [0, 0.1) is 0 Å². The van der Waals surface area contributed by atoms with Gasteiger partial charge < -0.3 is 4.90 Å². The largest absolute Gasteiger partial charge is 0.329 e. The van der Waals surface area contributed by atoms with Gasteiger partial charge in [0.1, 0.15) is 12.2 Å². The second-order valence-corrected chi connectivity index (χ2v) is 5.94. The number of nitrogens with one attached hydrogen (secondary N) is 1. The number of fused-ring (bicyclic) bond motifs is 5. The first-order valence-corrected chi connectivity index (χ1v) is 8.30. The lowest BCUT2D eigenvalue weighted by molar-refractivity contribution is -0.910. The van der Waals surface area contributed by atoms with Crippen LogP contribution in [0.3, 0.4) is 0 Å². The minimum absolute atomic E-state index is 0.911. The van der Waals surface area contributed by atoms with Gasteiger partial charge in [-0.15, -0.1) is 0 Å².